The molecular weight excluding hydrogens is 250 g/mol. The van der Waals surface area contributed by atoms with Gasteiger partial charge in [-0.05, 0) is 49.6 Å². The summed E-state index contributed by atoms with van der Waals surface area (Å²) >= 11 is 0. The number of benzene rings is 2. The molecule has 3 nitrogen and oxygen atoms in total. The summed E-state index contributed by atoms with van der Waals surface area (Å²) in [6.07, 6.45) is 0. The second-order valence-corrected chi connectivity index (χ2v) is 4.87. The van der Waals surface area contributed by atoms with E-state index in [9.17, 15) is 0 Å². The molecule has 2 rings (SSSR count). The Morgan fingerprint density at radius 2 is 1.75 bits per heavy atom. The lowest BCUT2D eigenvalue weighted by atomic mass is 10.0. The van der Waals surface area contributed by atoms with Crippen molar-refractivity contribution in [2.45, 2.75) is 27.4 Å². The van der Waals surface area contributed by atoms with Gasteiger partial charge in [-0.15, -0.1) is 0 Å². The lowest BCUT2D eigenvalue weighted by Crippen LogP contribution is -2.01. The molecule has 104 valence electrons. The maximum atomic E-state index is 8.81. The van der Waals surface area contributed by atoms with E-state index in [0.29, 0.717) is 12.3 Å². The van der Waals surface area contributed by atoms with Crippen molar-refractivity contribution in [3.8, 4) is 5.75 Å². The molecule has 0 unspecified atom stereocenters. The van der Waals surface area contributed by atoms with Gasteiger partial charge in [0.25, 0.3) is 0 Å². The summed E-state index contributed by atoms with van der Waals surface area (Å²) in [5.41, 5.74) is 5.10. The zero-order valence-electron chi connectivity index (χ0n) is 12.1. The summed E-state index contributed by atoms with van der Waals surface area (Å²) in [5.74, 6) is 0.771. The number of hydrogen-bond acceptors (Lipinski definition) is 3. The van der Waals surface area contributed by atoms with Gasteiger partial charge in [0, 0.05) is 5.56 Å². The van der Waals surface area contributed by atoms with Gasteiger partial charge in [0.15, 0.2) is 0 Å². The van der Waals surface area contributed by atoms with E-state index in [1.54, 1.807) is 6.92 Å². The third-order valence-corrected chi connectivity index (χ3v) is 3.43. The van der Waals surface area contributed by atoms with Crippen molar-refractivity contribution in [2.75, 3.05) is 0 Å². The molecule has 2 aromatic rings. The maximum Gasteiger partial charge on any atom is 0.120 e. The second-order valence-electron chi connectivity index (χ2n) is 4.87. The summed E-state index contributed by atoms with van der Waals surface area (Å²) in [6, 6.07) is 13.8. The quantitative estimate of drug-likeness (QED) is 0.516. The molecule has 2 aromatic carbocycles. The lowest BCUT2D eigenvalue weighted by molar-refractivity contribution is 0.304. The fourth-order valence-electron chi connectivity index (χ4n) is 2.10. The van der Waals surface area contributed by atoms with Crippen LogP contribution in [0.4, 0.5) is 0 Å². The van der Waals surface area contributed by atoms with Crippen molar-refractivity contribution in [1.29, 1.82) is 0 Å². The topological polar surface area (TPSA) is 41.8 Å². The number of nitrogens with zero attached hydrogens (tertiary/aromatic N) is 1. The van der Waals surface area contributed by atoms with E-state index < -0.39 is 0 Å². The van der Waals surface area contributed by atoms with Crippen LogP contribution in [-0.4, -0.2) is 10.9 Å². The first kappa shape index (κ1) is 14.1. The molecule has 0 aromatic heterocycles. The normalized spacial score (nSPS) is 11.4. The second kappa shape index (κ2) is 6.24. The predicted molar refractivity (Wildman–Crippen MR) is 80.7 cm³/mol. The van der Waals surface area contributed by atoms with Gasteiger partial charge in [0.2, 0.25) is 0 Å². The van der Waals surface area contributed by atoms with Crippen molar-refractivity contribution >= 4 is 5.71 Å². The van der Waals surface area contributed by atoms with E-state index in [1.807, 2.05) is 24.3 Å². The van der Waals surface area contributed by atoms with Crippen LogP contribution in [0.25, 0.3) is 0 Å². The molecule has 3 heteroatoms. The molecule has 20 heavy (non-hydrogen) atoms. The largest absolute Gasteiger partial charge is 0.489 e. The molecule has 0 spiro atoms. The highest BCUT2D eigenvalue weighted by molar-refractivity contribution is 5.98. The summed E-state index contributed by atoms with van der Waals surface area (Å²) in [4.78, 5) is 0. The van der Waals surface area contributed by atoms with Crippen molar-refractivity contribution in [3.05, 3.63) is 64.7 Å². The fraction of sp³-hybridized carbons (Fsp3) is 0.235. The first-order valence-electron chi connectivity index (χ1n) is 6.59. The third kappa shape index (κ3) is 3.18. The summed E-state index contributed by atoms with van der Waals surface area (Å²) in [7, 11) is 0. The number of oxime groups is 1. The smallest absolute Gasteiger partial charge is 0.120 e. The van der Waals surface area contributed by atoms with Crippen LogP contribution in [0.3, 0.4) is 0 Å². The Hall–Kier alpha value is -2.29. The summed E-state index contributed by atoms with van der Waals surface area (Å²) in [5, 5.41) is 12.0. The van der Waals surface area contributed by atoms with Gasteiger partial charge in [0.1, 0.15) is 12.4 Å². The molecule has 0 heterocycles. The van der Waals surface area contributed by atoms with Crippen LogP contribution >= 0.6 is 0 Å². The van der Waals surface area contributed by atoms with Crippen LogP contribution in [0.15, 0.2) is 47.6 Å². The fourth-order valence-corrected chi connectivity index (χ4v) is 2.10. The number of hydrogen-bond donors (Lipinski definition) is 1. The van der Waals surface area contributed by atoms with Crippen LogP contribution in [-0.2, 0) is 6.61 Å². The minimum atomic E-state index is 0.539. The number of ether oxygens (including phenoxy) is 1. The first-order chi connectivity index (χ1) is 9.61. The van der Waals surface area contributed by atoms with E-state index in [0.717, 1.165) is 11.3 Å². The van der Waals surface area contributed by atoms with Gasteiger partial charge in [-0.1, -0.05) is 35.5 Å². The van der Waals surface area contributed by atoms with Gasteiger partial charge < -0.3 is 9.94 Å². The highest BCUT2D eigenvalue weighted by atomic mass is 16.5. The maximum absolute atomic E-state index is 8.81. The first-order valence-corrected chi connectivity index (χ1v) is 6.59. The predicted octanol–water partition coefficient (Wildman–Crippen LogP) is 4.08. The molecule has 0 bridgehead atoms. The molecule has 0 amide bonds. The van der Waals surface area contributed by atoms with Gasteiger partial charge in [-0.3, -0.25) is 0 Å². The zero-order valence-corrected chi connectivity index (χ0v) is 12.1. The molecule has 0 aliphatic carbocycles. The summed E-state index contributed by atoms with van der Waals surface area (Å²) < 4.78 is 5.85. The number of aryl methyl sites for hydroxylation is 2. The average Bonchev–Trinajstić information content (AvgIpc) is 2.46. The highest BCUT2D eigenvalue weighted by Crippen LogP contribution is 2.19. The molecular formula is C17H19NO2. The Morgan fingerprint density at radius 3 is 2.40 bits per heavy atom. The Balaban J connectivity index is 2.15. The number of rotatable bonds is 4. The van der Waals surface area contributed by atoms with E-state index in [1.165, 1.54) is 16.7 Å². The van der Waals surface area contributed by atoms with Crippen LogP contribution in [0.2, 0.25) is 0 Å². The molecule has 0 saturated heterocycles. The highest BCUT2D eigenvalue weighted by Gasteiger charge is 2.04. The van der Waals surface area contributed by atoms with Crippen LogP contribution in [0, 0.1) is 13.8 Å². The van der Waals surface area contributed by atoms with Crippen molar-refractivity contribution < 1.29 is 9.94 Å². The van der Waals surface area contributed by atoms with Crippen molar-refractivity contribution in [1.82, 2.24) is 0 Å². The van der Waals surface area contributed by atoms with Crippen LogP contribution in [0.1, 0.15) is 29.2 Å². The molecule has 0 atom stereocenters. The average molecular weight is 269 g/mol. The van der Waals surface area contributed by atoms with Crippen molar-refractivity contribution in [3.63, 3.8) is 0 Å². The lowest BCUT2D eigenvalue weighted by Gasteiger charge is -2.12. The molecule has 0 aliphatic heterocycles. The van der Waals surface area contributed by atoms with E-state index in [4.69, 9.17) is 9.94 Å². The standard InChI is InChI=1S/C17H19NO2/c1-12-6-4-7-13(2)17(12)11-20-16-9-5-8-15(10-16)14(3)18-19/h4-10,19H,11H2,1-3H3/b18-14-. The summed E-state index contributed by atoms with van der Waals surface area (Å²) in [6.45, 7) is 6.47. The Kier molecular flexibility index (Phi) is 4.41. The molecule has 1 N–H and O–H groups in total. The van der Waals surface area contributed by atoms with Crippen molar-refractivity contribution in [2.24, 2.45) is 5.16 Å². The Bertz CT molecular complexity index is 612. The van der Waals surface area contributed by atoms with Gasteiger partial charge in [-0.25, -0.2) is 0 Å². The molecule has 0 fully saturated rings. The third-order valence-electron chi connectivity index (χ3n) is 3.43. The van der Waals surface area contributed by atoms with Crippen LogP contribution in [0.5, 0.6) is 5.75 Å². The van der Waals surface area contributed by atoms with E-state index in [2.05, 4.69) is 37.2 Å². The zero-order chi connectivity index (χ0) is 14.5. The Labute approximate surface area is 119 Å². The van der Waals surface area contributed by atoms with Gasteiger partial charge in [0.05, 0.1) is 5.71 Å². The minimum absolute atomic E-state index is 0.539. The molecule has 0 saturated carbocycles. The van der Waals surface area contributed by atoms with Gasteiger partial charge >= 0.3 is 0 Å². The molecule has 0 radical (unpaired) electrons. The van der Waals surface area contributed by atoms with Gasteiger partial charge in [-0.2, -0.15) is 0 Å². The van der Waals surface area contributed by atoms with E-state index in [-0.39, 0.29) is 0 Å². The molecule has 0 aliphatic rings. The SMILES string of the molecule is C/C(=N/O)c1cccc(OCc2c(C)cccc2C)c1. The minimum Gasteiger partial charge on any atom is -0.489 e. The van der Waals surface area contributed by atoms with E-state index >= 15 is 0 Å². The monoisotopic (exact) mass is 269 g/mol. The Morgan fingerprint density at radius 1 is 1.10 bits per heavy atom. The van der Waals surface area contributed by atoms with Crippen LogP contribution < -0.4 is 4.74 Å².